The zero-order valence-corrected chi connectivity index (χ0v) is 13.1. The van der Waals surface area contributed by atoms with Gasteiger partial charge in [0.15, 0.2) is 0 Å². The molecule has 0 spiro atoms. The highest BCUT2D eigenvalue weighted by Crippen LogP contribution is 2.26. The summed E-state index contributed by atoms with van der Waals surface area (Å²) in [6, 6.07) is 6.03. The molecule has 0 saturated carbocycles. The Bertz CT molecular complexity index is 370. The summed E-state index contributed by atoms with van der Waals surface area (Å²) < 4.78 is 10.6. The SMILES string of the molecule is CCC(CC)CNC(CN)c1cc(OC)cc(OC)c1. The predicted molar refractivity (Wildman–Crippen MR) is 83.4 cm³/mol. The van der Waals surface area contributed by atoms with Crippen molar-refractivity contribution in [2.24, 2.45) is 11.7 Å². The fourth-order valence-corrected chi connectivity index (χ4v) is 2.25. The molecule has 1 aromatic carbocycles. The van der Waals surface area contributed by atoms with Crippen LogP contribution < -0.4 is 20.5 Å². The van der Waals surface area contributed by atoms with Crippen LogP contribution in [0.3, 0.4) is 0 Å². The number of nitrogens with two attached hydrogens (primary N) is 1. The van der Waals surface area contributed by atoms with E-state index in [1.54, 1.807) is 14.2 Å². The average Bonchev–Trinajstić information content (AvgIpc) is 2.51. The van der Waals surface area contributed by atoms with Crippen LogP contribution in [0.5, 0.6) is 11.5 Å². The van der Waals surface area contributed by atoms with Gasteiger partial charge >= 0.3 is 0 Å². The van der Waals surface area contributed by atoms with Crippen molar-refractivity contribution in [3.63, 3.8) is 0 Å². The molecule has 0 aliphatic rings. The van der Waals surface area contributed by atoms with E-state index in [4.69, 9.17) is 15.2 Å². The first-order chi connectivity index (χ1) is 9.68. The van der Waals surface area contributed by atoms with E-state index < -0.39 is 0 Å². The van der Waals surface area contributed by atoms with Crippen LogP contribution in [0, 0.1) is 5.92 Å². The molecule has 20 heavy (non-hydrogen) atoms. The lowest BCUT2D eigenvalue weighted by Gasteiger charge is -2.22. The van der Waals surface area contributed by atoms with E-state index in [0.717, 1.165) is 23.6 Å². The van der Waals surface area contributed by atoms with Gasteiger partial charge in [-0.3, -0.25) is 0 Å². The molecule has 1 atom stereocenters. The average molecular weight is 280 g/mol. The maximum atomic E-state index is 5.91. The van der Waals surface area contributed by atoms with Crippen LogP contribution in [0.1, 0.15) is 38.3 Å². The molecule has 0 fully saturated rings. The lowest BCUT2D eigenvalue weighted by Crippen LogP contribution is -2.32. The Morgan fingerprint density at radius 1 is 1.05 bits per heavy atom. The van der Waals surface area contributed by atoms with Crippen molar-refractivity contribution in [3.8, 4) is 11.5 Å². The first-order valence-electron chi connectivity index (χ1n) is 7.34. The van der Waals surface area contributed by atoms with Gasteiger partial charge in [-0.2, -0.15) is 0 Å². The van der Waals surface area contributed by atoms with Gasteiger partial charge in [0.25, 0.3) is 0 Å². The Hall–Kier alpha value is -1.26. The molecular weight excluding hydrogens is 252 g/mol. The standard InChI is InChI=1S/C16H28N2O2/c1-5-12(6-2)11-18-16(10-17)13-7-14(19-3)9-15(8-13)20-4/h7-9,12,16,18H,5-6,10-11,17H2,1-4H3. The third kappa shape index (κ3) is 4.69. The molecular formula is C16H28N2O2. The summed E-state index contributed by atoms with van der Waals surface area (Å²) in [6.45, 7) is 5.98. The Morgan fingerprint density at radius 3 is 2.00 bits per heavy atom. The molecule has 0 aliphatic carbocycles. The highest BCUT2D eigenvalue weighted by Gasteiger charge is 2.14. The number of rotatable bonds is 9. The minimum atomic E-state index is 0.125. The van der Waals surface area contributed by atoms with Crippen LogP contribution in [-0.2, 0) is 0 Å². The van der Waals surface area contributed by atoms with Gasteiger partial charge in [-0.25, -0.2) is 0 Å². The summed E-state index contributed by atoms with van der Waals surface area (Å²) in [7, 11) is 3.32. The Kier molecular flexibility index (Phi) is 7.41. The van der Waals surface area contributed by atoms with Gasteiger partial charge in [-0.05, 0) is 30.2 Å². The van der Waals surface area contributed by atoms with Gasteiger partial charge in [0.2, 0.25) is 0 Å². The van der Waals surface area contributed by atoms with Gasteiger partial charge in [0.1, 0.15) is 11.5 Å². The van der Waals surface area contributed by atoms with E-state index in [1.165, 1.54) is 12.8 Å². The molecule has 0 saturated heterocycles. The number of methoxy groups -OCH3 is 2. The summed E-state index contributed by atoms with van der Waals surface area (Å²) >= 11 is 0. The maximum Gasteiger partial charge on any atom is 0.122 e. The molecule has 1 rings (SSSR count). The second-order valence-corrected chi connectivity index (χ2v) is 5.03. The van der Waals surface area contributed by atoms with Crippen LogP contribution in [-0.4, -0.2) is 27.3 Å². The molecule has 1 aromatic rings. The second kappa shape index (κ2) is 8.82. The van der Waals surface area contributed by atoms with Gasteiger partial charge in [0.05, 0.1) is 14.2 Å². The van der Waals surface area contributed by atoms with Crippen LogP contribution >= 0.6 is 0 Å². The Morgan fingerprint density at radius 2 is 1.60 bits per heavy atom. The lowest BCUT2D eigenvalue weighted by molar-refractivity contribution is 0.387. The number of nitrogens with one attached hydrogen (secondary N) is 1. The summed E-state index contributed by atoms with van der Waals surface area (Å²) in [5.74, 6) is 2.28. The summed E-state index contributed by atoms with van der Waals surface area (Å²) in [6.07, 6.45) is 2.37. The van der Waals surface area contributed by atoms with E-state index in [-0.39, 0.29) is 6.04 Å². The van der Waals surface area contributed by atoms with E-state index in [1.807, 2.05) is 18.2 Å². The van der Waals surface area contributed by atoms with Crippen LogP contribution in [0.25, 0.3) is 0 Å². The van der Waals surface area contributed by atoms with Crippen molar-refractivity contribution in [3.05, 3.63) is 23.8 Å². The number of hydrogen-bond acceptors (Lipinski definition) is 4. The largest absolute Gasteiger partial charge is 0.497 e. The highest BCUT2D eigenvalue weighted by atomic mass is 16.5. The summed E-state index contributed by atoms with van der Waals surface area (Å²) in [4.78, 5) is 0. The van der Waals surface area contributed by atoms with Crippen molar-refractivity contribution in [2.75, 3.05) is 27.3 Å². The summed E-state index contributed by atoms with van der Waals surface area (Å²) in [5.41, 5.74) is 7.02. The first kappa shape index (κ1) is 16.8. The minimum absolute atomic E-state index is 0.125. The number of ether oxygens (including phenoxy) is 2. The molecule has 0 aromatic heterocycles. The third-order valence-corrected chi connectivity index (χ3v) is 3.82. The van der Waals surface area contributed by atoms with E-state index in [2.05, 4.69) is 19.2 Å². The van der Waals surface area contributed by atoms with Crippen molar-refractivity contribution in [1.82, 2.24) is 5.32 Å². The zero-order chi connectivity index (χ0) is 15.0. The van der Waals surface area contributed by atoms with E-state index in [9.17, 15) is 0 Å². The lowest BCUT2D eigenvalue weighted by atomic mass is 10.0. The second-order valence-electron chi connectivity index (χ2n) is 5.03. The highest BCUT2D eigenvalue weighted by molar-refractivity contribution is 5.40. The molecule has 114 valence electrons. The van der Waals surface area contributed by atoms with Gasteiger partial charge in [-0.15, -0.1) is 0 Å². The molecule has 1 unspecified atom stereocenters. The molecule has 4 heteroatoms. The van der Waals surface area contributed by atoms with Crippen molar-refractivity contribution in [1.29, 1.82) is 0 Å². The quantitative estimate of drug-likeness (QED) is 0.730. The molecule has 0 bridgehead atoms. The monoisotopic (exact) mass is 280 g/mol. The molecule has 0 amide bonds. The van der Waals surface area contributed by atoms with Crippen molar-refractivity contribution >= 4 is 0 Å². The number of hydrogen-bond donors (Lipinski definition) is 2. The molecule has 0 aliphatic heterocycles. The fraction of sp³-hybridized carbons (Fsp3) is 0.625. The smallest absolute Gasteiger partial charge is 0.122 e. The normalized spacial score (nSPS) is 12.5. The van der Waals surface area contributed by atoms with Crippen molar-refractivity contribution < 1.29 is 9.47 Å². The van der Waals surface area contributed by atoms with Crippen molar-refractivity contribution in [2.45, 2.75) is 32.7 Å². The summed E-state index contributed by atoms with van der Waals surface area (Å²) in [5, 5.41) is 3.55. The van der Waals surface area contributed by atoms with Crippen LogP contribution in [0.15, 0.2) is 18.2 Å². The van der Waals surface area contributed by atoms with Gasteiger partial charge in [0, 0.05) is 18.7 Å². The maximum absolute atomic E-state index is 5.91. The van der Waals surface area contributed by atoms with Gasteiger partial charge in [-0.1, -0.05) is 26.7 Å². The molecule has 3 N–H and O–H groups in total. The predicted octanol–water partition coefficient (Wildman–Crippen LogP) is 2.73. The molecule has 0 heterocycles. The fourth-order valence-electron chi connectivity index (χ4n) is 2.25. The minimum Gasteiger partial charge on any atom is -0.497 e. The van der Waals surface area contributed by atoms with Crippen LogP contribution in [0.4, 0.5) is 0 Å². The number of benzene rings is 1. The van der Waals surface area contributed by atoms with Gasteiger partial charge < -0.3 is 20.5 Å². The van der Waals surface area contributed by atoms with E-state index >= 15 is 0 Å². The Balaban J connectivity index is 2.82. The molecule has 4 nitrogen and oxygen atoms in total. The molecule has 0 radical (unpaired) electrons. The van der Waals surface area contributed by atoms with Crippen LogP contribution in [0.2, 0.25) is 0 Å². The first-order valence-corrected chi connectivity index (χ1v) is 7.34. The Labute approximate surface area is 122 Å². The third-order valence-electron chi connectivity index (χ3n) is 3.82. The zero-order valence-electron chi connectivity index (χ0n) is 13.1. The van der Waals surface area contributed by atoms with E-state index in [0.29, 0.717) is 12.5 Å². The topological polar surface area (TPSA) is 56.5 Å².